The van der Waals surface area contributed by atoms with Crippen LogP contribution < -0.4 is 5.32 Å². The van der Waals surface area contributed by atoms with Gasteiger partial charge in [-0.1, -0.05) is 0 Å². The largest absolute Gasteiger partial charge is 0.383 e. The number of methoxy groups -OCH3 is 1. The van der Waals surface area contributed by atoms with E-state index in [1.807, 2.05) is 0 Å². The van der Waals surface area contributed by atoms with E-state index in [0.717, 1.165) is 26.2 Å². The summed E-state index contributed by atoms with van der Waals surface area (Å²) in [6.45, 7) is 9.96. The van der Waals surface area contributed by atoms with Crippen LogP contribution >= 0.6 is 0 Å². The van der Waals surface area contributed by atoms with Crippen LogP contribution in [0, 0.1) is 0 Å². The third-order valence-corrected chi connectivity index (χ3v) is 3.11. The van der Waals surface area contributed by atoms with Gasteiger partial charge in [-0.3, -0.25) is 4.90 Å². The van der Waals surface area contributed by atoms with Crippen molar-refractivity contribution in [3.63, 3.8) is 0 Å². The quantitative estimate of drug-likeness (QED) is 0.650. The van der Waals surface area contributed by atoms with Gasteiger partial charge in [0.05, 0.1) is 6.61 Å². The Bertz CT molecular complexity index is 159. The van der Waals surface area contributed by atoms with Crippen LogP contribution in [-0.4, -0.2) is 50.3 Å². The predicted octanol–water partition coefficient (Wildman–Crippen LogP) is 1.10. The summed E-state index contributed by atoms with van der Waals surface area (Å²) in [5.74, 6) is 0. The molecule has 0 unspecified atom stereocenters. The van der Waals surface area contributed by atoms with Crippen molar-refractivity contribution in [1.29, 1.82) is 0 Å². The van der Waals surface area contributed by atoms with Crippen molar-refractivity contribution in [2.45, 2.75) is 32.2 Å². The Labute approximate surface area is 87.8 Å². The average molecular weight is 200 g/mol. The zero-order valence-electron chi connectivity index (χ0n) is 9.81. The van der Waals surface area contributed by atoms with Crippen LogP contribution in [0.15, 0.2) is 0 Å². The first kappa shape index (κ1) is 12.0. The molecule has 0 aromatic rings. The fraction of sp³-hybridized carbons (Fsp3) is 1.00. The van der Waals surface area contributed by atoms with Gasteiger partial charge in [0.2, 0.25) is 0 Å². The Morgan fingerprint density at radius 1 is 1.36 bits per heavy atom. The second kappa shape index (κ2) is 5.69. The third kappa shape index (κ3) is 3.56. The van der Waals surface area contributed by atoms with Gasteiger partial charge in [-0.2, -0.15) is 0 Å². The van der Waals surface area contributed by atoms with E-state index in [1.165, 1.54) is 19.4 Å². The maximum Gasteiger partial charge on any atom is 0.0587 e. The normalized spacial score (nSPS) is 21.6. The summed E-state index contributed by atoms with van der Waals surface area (Å²) in [5.41, 5.74) is 0.420. The maximum absolute atomic E-state index is 4.98. The molecule has 0 radical (unpaired) electrons. The highest BCUT2D eigenvalue weighted by molar-refractivity contribution is 4.87. The second-order valence-electron chi connectivity index (χ2n) is 4.65. The lowest BCUT2D eigenvalue weighted by Crippen LogP contribution is -2.42. The van der Waals surface area contributed by atoms with E-state index in [-0.39, 0.29) is 0 Å². The standard InChI is InChI=1S/C11H24N2O/c1-11(2)5-4-8-13(11)9-6-12-7-10-14-3/h12H,4-10H2,1-3H3. The van der Waals surface area contributed by atoms with E-state index in [0.29, 0.717) is 5.54 Å². The van der Waals surface area contributed by atoms with Gasteiger partial charge in [0.15, 0.2) is 0 Å². The number of nitrogens with one attached hydrogen (secondary N) is 1. The summed E-state index contributed by atoms with van der Waals surface area (Å²) in [4.78, 5) is 2.58. The fourth-order valence-corrected chi connectivity index (χ4v) is 2.09. The molecule has 0 aromatic carbocycles. The smallest absolute Gasteiger partial charge is 0.0587 e. The first-order valence-electron chi connectivity index (χ1n) is 5.61. The molecule has 0 atom stereocenters. The third-order valence-electron chi connectivity index (χ3n) is 3.11. The van der Waals surface area contributed by atoms with E-state index in [1.54, 1.807) is 7.11 Å². The van der Waals surface area contributed by atoms with Gasteiger partial charge in [-0.25, -0.2) is 0 Å². The lowest BCUT2D eigenvalue weighted by Gasteiger charge is -2.31. The van der Waals surface area contributed by atoms with Gasteiger partial charge in [0.25, 0.3) is 0 Å². The average Bonchev–Trinajstić information content (AvgIpc) is 2.45. The Morgan fingerprint density at radius 3 is 2.71 bits per heavy atom. The summed E-state index contributed by atoms with van der Waals surface area (Å²) >= 11 is 0. The topological polar surface area (TPSA) is 24.5 Å². The van der Waals surface area contributed by atoms with Crippen LogP contribution in [0.3, 0.4) is 0 Å². The van der Waals surface area contributed by atoms with E-state index in [2.05, 4.69) is 24.1 Å². The van der Waals surface area contributed by atoms with E-state index in [9.17, 15) is 0 Å². The minimum absolute atomic E-state index is 0.420. The van der Waals surface area contributed by atoms with E-state index < -0.39 is 0 Å². The van der Waals surface area contributed by atoms with E-state index in [4.69, 9.17) is 4.74 Å². The van der Waals surface area contributed by atoms with Crippen LogP contribution in [0.25, 0.3) is 0 Å². The van der Waals surface area contributed by atoms with Crippen LogP contribution in [-0.2, 0) is 4.74 Å². The summed E-state index contributed by atoms with van der Waals surface area (Å²) in [6.07, 6.45) is 2.69. The molecule has 1 rings (SSSR count). The van der Waals surface area contributed by atoms with Crippen molar-refractivity contribution < 1.29 is 4.74 Å². The highest BCUT2D eigenvalue weighted by atomic mass is 16.5. The van der Waals surface area contributed by atoms with Gasteiger partial charge < -0.3 is 10.1 Å². The van der Waals surface area contributed by atoms with Crippen LogP contribution in [0.4, 0.5) is 0 Å². The minimum atomic E-state index is 0.420. The molecule has 0 spiro atoms. The predicted molar refractivity (Wildman–Crippen MR) is 59.6 cm³/mol. The molecule has 1 fully saturated rings. The van der Waals surface area contributed by atoms with Crippen molar-refractivity contribution in [2.75, 3.05) is 39.9 Å². The molecule has 1 saturated heterocycles. The van der Waals surface area contributed by atoms with E-state index >= 15 is 0 Å². The molecule has 84 valence electrons. The second-order valence-corrected chi connectivity index (χ2v) is 4.65. The van der Waals surface area contributed by atoms with Crippen molar-refractivity contribution in [3.8, 4) is 0 Å². The Hall–Kier alpha value is -0.120. The molecule has 0 saturated carbocycles. The van der Waals surface area contributed by atoms with Crippen molar-refractivity contribution in [2.24, 2.45) is 0 Å². The fourth-order valence-electron chi connectivity index (χ4n) is 2.09. The Balaban J connectivity index is 2.06. The number of likely N-dealkylation sites (tertiary alicyclic amines) is 1. The zero-order valence-corrected chi connectivity index (χ0v) is 9.81. The highest BCUT2D eigenvalue weighted by Gasteiger charge is 2.30. The summed E-state index contributed by atoms with van der Waals surface area (Å²) < 4.78 is 4.98. The lowest BCUT2D eigenvalue weighted by atomic mass is 10.0. The van der Waals surface area contributed by atoms with Crippen molar-refractivity contribution in [3.05, 3.63) is 0 Å². The first-order valence-corrected chi connectivity index (χ1v) is 5.61. The first-order chi connectivity index (χ1) is 6.67. The van der Waals surface area contributed by atoms with Gasteiger partial charge in [0, 0.05) is 32.3 Å². The van der Waals surface area contributed by atoms with Gasteiger partial charge in [-0.15, -0.1) is 0 Å². The molecular weight excluding hydrogens is 176 g/mol. The Morgan fingerprint density at radius 2 is 2.14 bits per heavy atom. The number of ether oxygens (including phenoxy) is 1. The number of rotatable bonds is 6. The molecule has 0 bridgehead atoms. The summed E-state index contributed by atoms with van der Waals surface area (Å²) in [5, 5.41) is 3.38. The number of hydrogen-bond acceptors (Lipinski definition) is 3. The monoisotopic (exact) mass is 200 g/mol. The molecule has 1 N–H and O–H groups in total. The van der Waals surface area contributed by atoms with Gasteiger partial charge in [-0.05, 0) is 33.2 Å². The van der Waals surface area contributed by atoms with Crippen LogP contribution in [0.1, 0.15) is 26.7 Å². The molecule has 0 aliphatic carbocycles. The summed E-state index contributed by atoms with van der Waals surface area (Å²) in [6, 6.07) is 0. The summed E-state index contributed by atoms with van der Waals surface area (Å²) in [7, 11) is 1.74. The molecule has 3 nitrogen and oxygen atoms in total. The minimum Gasteiger partial charge on any atom is -0.383 e. The molecule has 0 aromatic heterocycles. The molecule has 14 heavy (non-hydrogen) atoms. The molecule has 0 amide bonds. The van der Waals surface area contributed by atoms with Gasteiger partial charge in [0.1, 0.15) is 0 Å². The van der Waals surface area contributed by atoms with Crippen molar-refractivity contribution in [1.82, 2.24) is 10.2 Å². The van der Waals surface area contributed by atoms with Crippen molar-refractivity contribution >= 4 is 0 Å². The van der Waals surface area contributed by atoms with Gasteiger partial charge >= 0.3 is 0 Å². The highest BCUT2D eigenvalue weighted by Crippen LogP contribution is 2.27. The Kier molecular flexibility index (Phi) is 4.85. The molecule has 1 heterocycles. The number of nitrogens with zero attached hydrogens (tertiary/aromatic N) is 1. The number of hydrogen-bond donors (Lipinski definition) is 1. The zero-order chi connectivity index (χ0) is 10.4. The van der Waals surface area contributed by atoms with Crippen LogP contribution in [0.5, 0.6) is 0 Å². The lowest BCUT2D eigenvalue weighted by molar-refractivity contribution is 0.169. The molecule has 1 aliphatic heterocycles. The molecule has 3 heteroatoms. The van der Waals surface area contributed by atoms with Crippen LogP contribution in [0.2, 0.25) is 0 Å². The molecular formula is C11H24N2O. The maximum atomic E-state index is 4.98. The SMILES string of the molecule is COCCNCCN1CCCC1(C)C. The molecule has 1 aliphatic rings.